The molecule has 0 saturated carbocycles. The van der Waals surface area contributed by atoms with Crippen molar-refractivity contribution in [2.75, 3.05) is 12.9 Å². The van der Waals surface area contributed by atoms with Crippen molar-refractivity contribution in [3.63, 3.8) is 0 Å². The highest BCUT2D eigenvalue weighted by atomic mass is 32.2. The van der Waals surface area contributed by atoms with Gasteiger partial charge in [-0.2, -0.15) is 13.2 Å². The molecule has 0 saturated heterocycles. The number of halogens is 3. The summed E-state index contributed by atoms with van der Waals surface area (Å²) >= 11 is 1.47. The van der Waals surface area contributed by atoms with Crippen LogP contribution in [0.3, 0.4) is 0 Å². The normalized spacial score (nSPS) is 11.4. The van der Waals surface area contributed by atoms with Crippen molar-refractivity contribution < 1.29 is 22.7 Å². The van der Waals surface area contributed by atoms with Gasteiger partial charge in [-0.1, -0.05) is 23.9 Å². The van der Waals surface area contributed by atoms with Gasteiger partial charge in [-0.05, 0) is 49.8 Å². The Hall–Kier alpha value is -2.29. The van der Waals surface area contributed by atoms with Gasteiger partial charge in [-0.3, -0.25) is 4.79 Å². The zero-order valence-electron chi connectivity index (χ0n) is 15.9. The number of aryl methyl sites for hydroxylation is 2. The zero-order valence-corrected chi connectivity index (χ0v) is 16.7. The number of amides is 1. The quantitative estimate of drug-likeness (QED) is 0.523. The molecule has 0 fully saturated rings. The SMILES string of the molecule is CSc1nc(C)c(CCC(=O)NCc2ccc(OCC(F)(F)F)cc2)c(C)n1. The highest BCUT2D eigenvalue weighted by Crippen LogP contribution is 2.19. The third-order valence-electron chi connectivity index (χ3n) is 4.00. The van der Waals surface area contributed by atoms with E-state index in [1.807, 2.05) is 20.1 Å². The number of benzene rings is 1. The standard InChI is InChI=1S/C19H22F3N3O2S/c1-12-16(13(2)25-18(24-12)28-3)8-9-17(26)23-10-14-4-6-15(7-5-14)27-11-19(20,21)22/h4-7H,8-11H2,1-3H3,(H,23,26). The lowest BCUT2D eigenvalue weighted by Crippen LogP contribution is -2.23. The van der Waals surface area contributed by atoms with Gasteiger partial charge in [-0.25, -0.2) is 9.97 Å². The summed E-state index contributed by atoms with van der Waals surface area (Å²) in [6.07, 6.45) is -1.61. The lowest BCUT2D eigenvalue weighted by molar-refractivity contribution is -0.153. The van der Waals surface area contributed by atoms with Crippen molar-refractivity contribution in [3.05, 3.63) is 46.8 Å². The van der Waals surface area contributed by atoms with Gasteiger partial charge in [0.25, 0.3) is 0 Å². The number of nitrogens with zero attached hydrogens (tertiary/aromatic N) is 2. The molecule has 5 nitrogen and oxygen atoms in total. The number of ether oxygens (including phenoxy) is 1. The van der Waals surface area contributed by atoms with E-state index in [2.05, 4.69) is 20.0 Å². The summed E-state index contributed by atoms with van der Waals surface area (Å²) in [6.45, 7) is 2.77. The van der Waals surface area contributed by atoms with Crippen LogP contribution in [0.25, 0.3) is 0 Å². The average molecular weight is 413 g/mol. The van der Waals surface area contributed by atoms with Gasteiger partial charge in [0, 0.05) is 24.4 Å². The van der Waals surface area contributed by atoms with Crippen molar-refractivity contribution in [3.8, 4) is 5.75 Å². The fourth-order valence-corrected chi connectivity index (χ4v) is 3.01. The molecule has 2 rings (SSSR count). The number of carbonyl (C=O) groups excluding carboxylic acids is 1. The summed E-state index contributed by atoms with van der Waals surface area (Å²) in [5.41, 5.74) is 3.49. The molecule has 1 amide bonds. The molecule has 0 aliphatic rings. The Morgan fingerprint density at radius 2 is 1.75 bits per heavy atom. The van der Waals surface area contributed by atoms with E-state index < -0.39 is 12.8 Å². The van der Waals surface area contributed by atoms with E-state index in [1.54, 1.807) is 12.1 Å². The summed E-state index contributed by atoms with van der Waals surface area (Å²) in [4.78, 5) is 20.9. The second kappa shape index (κ2) is 9.77. The van der Waals surface area contributed by atoms with Gasteiger partial charge in [0.05, 0.1) is 0 Å². The summed E-state index contributed by atoms with van der Waals surface area (Å²) in [5, 5.41) is 3.52. The molecule has 1 aromatic carbocycles. The van der Waals surface area contributed by atoms with Crippen molar-refractivity contribution in [2.45, 2.75) is 44.6 Å². The Balaban J connectivity index is 1.81. The number of aromatic nitrogens is 2. The predicted octanol–water partition coefficient (Wildman–Crippen LogP) is 4.01. The third-order valence-corrected chi connectivity index (χ3v) is 4.55. The first kappa shape index (κ1) is 22.0. The summed E-state index contributed by atoms with van der Waals surface area (Å²) < 4.78 is 41.0. The van der Waals surface area contributed by atoms with Gasteiger partial charge in [0.15, 0.2) is 11.8 Å². The maximum absolute atomic E-state index is 12.1. The Morgan fingerprint density at radius 3 is 2.29 bits per heavy atom. The van der Waals surface area contributed by atoms with Crippen LogP contribution in [0.2, 0.25) is 0 Å². The monoisotopic (exact) mass is 413 g/mol. The molecule has 9 heteroatoms. The molecule has 0 spiro atoms. The molecule has 2 aromatic rings. The van der Waals surface area contributed by atoms with E-state index in [0.29, 0.717) is 18.0 Å². The van der Waals surface area contributed by atoms with Crippen LogP contribution in [0.15, 0.2) is 29.4 Å². The molecule has 28 heavy (non-hydrogen) atoms. The molecule has 152 valence electrons. The average Bonchev–Trinajstić information content (AvgIpc) is 2.64. The smallest absolute Gasteiger partial charge is 0.422 e. The molecule has 1 N–H and O–H groups in total. The van der Waals surface area contributed by atoms with Crippen LogP contribution >= 0.6 is 11.8 Å². The van der Waals surface area contributed by atoms with E-state index in [9.17, 15) is 18.0 Å². The Labute approximate surface area is 166 Å². The number of rotatable bonds is 8. The highest BCUT2D eigenvalue weighted by molar-refractivity contribution is 7.98. The van der Waals surface area contributed by atoms with Crippen LogP contribution < -0.4 is 10.1 Å². The van der Waals surface area contributed by atoms with Gasteiger partial charge in [0.2, 0.25) is 5.91 Å². The molecular formula is C19H22F3N3O2S. The Morgan fingerprint density at radius 1 is 1.14 bits per heavy atom. The number of thioether (sulfide) groups is 1. The fourth-order valence-electron chi connectivity index (χ4n) is 2.56. The maximum atomic E-state index is 12.1. The number of hydrogen-bond acceptors (Lipinski definition) is 5. The highest BCUT2D eigenvalue weighted by Gasteiger charge is 2.28. The minimum Gasteiger partial charge on any atom is -0.484 e. The Bertz CT molecular complexity index is 788. The minimum atomic E-state index is -4.37. The second-order valence-corrected chi connectivity index (χ2v) is 6.96. The lowest BCUT2D eigenvalue weighted by Gasteiger charge is -2.11. The van der Waals surface area contributed by atoms with Gasteiger partial charge >= 0.3 is 6.18 Å². The molecule has 0 unspecified atom stereocenters. The van der Waals surface area contributed by atoms with E-state index in [0.717, 1.165) is 22.5 Å². The van der Waals surface area contributed by atoms with E-state index in [4.69, 9.17) is 0 Å². The first-order valence-electron chi connectivity index (χ1n) is 8.61. The van der Waals surface area contributed by atoms with Crippen LogP contribution in [-0.4, -0.2) is 34.9 Å². The summed E-state index contributed by atoms with van der Waals surface area (Å²) in [6, 6.07) is 6.14. The summed E-state index contributed by atoms with van der Waals surface area (Å²) in [7, 11) is 0. The van der Waals surface area contributed by atoms with Crippen LogP contribution in [-0.2, 0) is 17.8 Å². The molecule has 0 radical (unpaired) electrons. The first-order valence-corrected chi connectivity index (χ1v) is 9.83. The molecule has 1 aromatic heterocycles. The Kier molecular flexibility index (Phi) is 7.68. The second-order valence-electron chi connectivity index (χ2n) is 6.18. The molecule has 0 bridgehead atoms. The van der Waals surface area contributed by atoms with Crippen molar-refractivity contribution in [1.29, 1.82) is 0 Å². The van der Waals surface area contributed by atoms with Crippen molar-refractivity contribution in [1.82, 2.24) is 15.3 Å². The minimum absolute atomic E-state index is 0.120. The molecule has 1 heterocycles. The van der Waals surface area contributed by atoms with Gasteiger partial charge < -0.3 is 10.1 Å². The van der Waals surface area contributed by atoms with Gasteiger partial charge in [-0.15, -0.1) is 0 Å². The van der Waals surface area contributed by atoms with Gasteiger partial charge in [0.1, 0.15) is 5.75 Å². The fraction of sp³-hybridized carbons (Fsp3) is 0.421. The van der Waals surface area contributed by atoms with E-state index in [1.165, 1.54) is 23.9 Å². The van der Waals surface area contributed by atoms with Crippen molar-refractivity contribution >= 4 is 17.7 Å². The molecule has 0 aliphatic carbocycles. The lowest BCUT2D eigenvalue weighted by atomic mass is 10.1. The zero-order chi connectivity index (χ0) is 20.7. The number of nitrogens with one attached hydrogen (secondary N) is 1. The van der Waals surface area contributed by atoms with Crippen LogP contribution in [0, 0.1) is 13.8 Å². The molecule has 0 aliphatic heterocycles. The van der Waals surface area contributed by atoms with E-state index >= 15 is 0 Å². The van der Waals surface area contributed by atoms with Crippen molar-refractivity contribution in [2.24, 2.45) is 0 Å². The molecular weight excluding hydrogens is 391 g/mol. The first-order chi connectivity index (χ1) is 13.2. The number of alkyl halides is 3. The number of carbonyl (C=O) groups is 1. The summed E-state index contributed by atoms with van der Waals surface area (Å²) in [5.74, 6) is 0.0113. The maximum Gasteiger partial charge on any atom is 0.422 e. The van der Waals surface area contributed by atoms with Crippen LogP contribution in [0.5, 0.6) is 5.75 Å². The predicted molar refractivity (Wildman–Crippen MR) is 101 cm³/mol. The number of hydrogen-bond donors (Lipinski definition) is 1. The van der Waals surface area contributed by atoms with Crippen LogP contribution in [0.4, 0.5) is 13.2 Å². The topological polar surface area (TPSA) is 64.1 Å². The van der Waals surface area contributed by atoms with Crippen LogP contribution in [0.1, 0.15) is 28.9 Å². The molecule has 0 atom stereocenters. The third kappa shape index (κ3) is 7.03. The van der Waals surface area contributed by atoms with E-state index in [-0.39, 0.29) is 18.2 Å². The largest absolute Gasteiger partial charge is 0.484 e.